The largest absolute Gasteiger partial charge is 0.484 e. The normalized spacial score (nSPS) is 14.0. The predicted molar refractivity (Wildman–Crippen MR) is 128 cm³/mol. The Morgan fingerprint density at radius 1 is 1.17 bits per heavy atom. The van der Waals surface area contributed by atoms with Crippen LogP contribution in [-0.4, -0.2) is 35.6 Å². The first-order valence-corrected chi connectivity index (χ1v) is 11.2. The number of para-hydroxylation sites is 1. The third kappa shape index (κ3) is 6.19. The van der Waals surface area contributed by atoms with Gasteiger partial charge in [0.2, 0.25) is 0 Å². The van der Waals surface area contributed by atoms with E-state index in [4.69, 9.17) is 27.5 Å². The summed E-state index contributed by atoms with van der Waals surface area (Å²) in [7, 11) is 0. The zero-order valence-corrected chi connectivity index (χ0v) is 19.7. The van der Waals surface area contributed by atoms with Crippen LogP contribution >= 0.6 is 11.6 Å². The number of anilines is 1. The number of ether oxygens (including phenoxy) is 2. The number of aliphatic carboxylic acids is 1. The molecule has 0 saturated carbocycles. The van der Waals surface area contributed by atoms with Crippen molar-refractivity contribution in [1.29, 1.82) is 0 Å². The highest BCUT2D eigenvalue weighted by Crippen LogP contribution is 2.35. The second kappa shape index (κ2) is 11.5. The Hall–Kier alpha value is -3.83. The van der Waals surface area contributed by atoms with E-state index < -0.39 is 42.0 Å². The van der Waals surface area contributed by atoms with Crippen molar-refractivity contribution in [2.24, 2.45) is 0 Å². The molecule has 0 fully saturated rings. The summed E-state index contributed by atoms with van der Waals surface area (Å²) in [4.78, 5) is 39.1. The molecule has 1 unspecified atom stereocenters. The molecule has 9 heteroatoms. The van der Waals surface area contributed by atoms with Crippen LogP contribution in [0.1, 0.15) is 32.6 Å². The number of halogens is 2. The topological polar surface area (TPSA) is 93.1 Å². The van der Waals surface area contributed by atoms with Crippen LogP contribution < -0.4 is 14.4 Å². The Bertz CT molecular complexity index is 1200. The molecule has 7 nitrogen and oxygen atoms in total. The lowest BCUT2D eigenvalue weighted by Gasteiger charge is -2.26. The fourth-order valence-corrected chi connectivity index (χ4v) is 3.80. The third-order valence-corrected chi connectivity index (χ3v) is 5.62. The highest BCUT2D eigenvalue weighted by atomic mass is 35.5. The minimum Gasteiger partial charge on any atom is -0.484 e. The van der Waals surface area contributed by atoms with Crippen LogP contribution in [0.5, 0.6) is 11.5 Å². The summed E-state index contributed by atoms with van der Waals surface area (Å²) in [6.45, 7) is 0.956. The van der Waals surface area contributed by atoms with Gasteiger partial charge in [0, 0.05) is 17.2 Å². The molecule has 1 aliphatic carbocycles. The van der Waals surface area contributed by atoms with E-state index in [1.165, 1.54) is 0 Å². The number of amides is 2. The Morgan fingerprint density at radius 2 is 1.83 bits per heavy atom. The number of carboxylic acid groups (broad SMARTS) is 1. The van der Waals surface area contributed by atoms with Gasteiger partial charge in [0.05, 0.1) is 10.7 Å². The highest BCUT2D eigenvalue weighted by molar-refractivity contribution is 6.32. The van der Waals surface area contributed by atoms with Gasteiger partial charge in [0.25, 0.3) is 11.8 Å². The number of hydrogen-bond donors (Lipinski definition) is 1. The Balaban J connectivity index is 2.07. The molecule has 0 bridgehead atoms. The summed E-state index contributed by atoms with van der Waals surface area (Å²) in [5, 5.41) is 9.48. The molecule has 35 heavy (non-hydrogen) atoms. The summed E-state index contributed by atoms with van der Waals surface area (Å²) < 4.78 is 26.1. The van der Waals surface area contributed by atoms with Gasteiger partial charge in [-0.15, -0.1) is 6.42 Å². The SMILES string of the molecule is C#CC(C)Oc1cc(N(C(=O)COc2ccccc2)C(=O)C2=C(C(=O)O)CCCC2)c(F)cc1Cl. The molecule has 0 heterocycles. The van der Waals surface area contributed by atoms with E-state index in [0.29, 0.717) is 23.5 Å². The summed E-state index contributed by atoms with van der Waals surface area (Å²) in [6, 6.07) is 10.4. The number of terminal acetylenes is 1. The number of imide groups is 1. The molecule has 0 radical (unpaired) electrons. The van der Waals surface area contributed by atoms with E-state index in [1.807, 2.05) is 0 Å². The minimum absolute atomic E-state index is 0.0424. The second-order valence-corrected chi connectivity index (χ2v) is 8.17. The van der Waals surface area contributed by atoms with Gasteiger partial charge < -0.3 is 14.6 Å². The van der Waals surface area contributed by atoms with Crippen LogP contribution in [0.25, 0.3) is 0 Å². The lowest BCUT2D eigenvalue weighted by atomic mass is 9.90. The molecule has 2 aromatic carbocycles. The summed E-state index contributed by atoms with van der Waals surface area (Å²) >= 11 is 6.09. The van der Waals surface area contributed by atoms with E-state index in [-0.39, 0.29) is 34.8 Å². The summed E-state index contributed by atoms with van der Waals surface area (Å²) in [5.41, 5.74) is -0.622. The lowest BCUT2D eigenvalue weighted by Crippen LogP contribution is -2.42. The number of nitrogens with zero attached hydrogens (tertiary/aromatic N) is 1. The first kappa shape index (κ1) is 25.8. The summed E-state index contributed by atoms with van der Waals surface area (Å²) in [6.07, 6.45) is 6.05. The van der Waals surface area contributed by atoms with Crippen LogP contribution in [0.3, 0.4) is 0 Å². The molecule has 0 saturated heterocycles. The van der Waals surface area contributed by atoms with Gasteiger partial charge >= 0.3 is 5.97 Å². The van der Waals surface area contributed by atoms with Crippen LogP contribution in [0.2, 0.25) is 5.02 Å². The van der Waals surface area contributed by atoms with Crippen LogP contribution in [0.15, 0.2) is 53.6 Å². The number of benzene rings is 2. The molecule has 3 rings (SSSR count). The number of carbonyl (C=O) groups is 3. The third-order valence-electron chi connectivity index (χ3n) is 5.32. The first-order valence-electron chi connectivity index (χ1n) is 10.8. The molecule has 1 N–H and O–H groups in total. The van der Waals surface area contributed by atoms with E-state index in [0.717, 1.165) is 12.1 Å². The van der Waals surface area contributed by atoms with Crippen molar-refractivity contribution in [2.75, 3.05) is 11.5 Å². The smallest absolute Gasteiger partial charge is 0.332 e. The van der Waals surface area contributed by atoms with Gasteiger partial charge in [-0.25, -0.2) is 14.1 Å². The number of carbonyl (C=O) groups excluding carboxylic acids is 2. The van der Waals surface area contributed by atoms with Crippen molar-refractivity contribution in [1.82, 2.24) is 0 Å². The van der Waals surface area contributed by atoms with Crippen molar-refractivity contribution >= 4 is 35.1 Å². The number of rotatable bonds is 8. The molecule has 0 aliphatic heterocycles. The molecule has 1 aliphatic rings. The Morgan fingerprint density at radius 3 is 2.46 bits per heavy atom. The van der Waals surface area contributed by atoms with Crippen LogP contribution in [0, 0.1) is 18.2 Å². The van der Waals surface area contributed by atoms with Crippen molar-refractivity contribution in [3.63, 3.8) is 0 Å². The fraction of sp³-hybridized carbons (Fsp3) is 0.269. The maximum absolute atomic E-state index is 15.1. The van der Waals surface area contributed by atoms with Crippen molar-refractivity contribution in [3.8, 4) is 23.8 Å². The second-order valence-electron chi connectivity index (χ2n) is 7.77. The van der Waals surface area contributed by atoms with Crippen molar-refractivity contribution in [2.45, 2.75) is 38.7 Å². The molecule has 0 aromatic heterocycles. The van der Waals surface area contributed by atoms with Gasteiger partial charge in [0.15, 0.2) is 12.7 Å². The average molecular weight is 500 g/mol. The first-order chi connectivity index (χ1) is 16.7. The van der Waals surface area contributed by atoms with E-state index >= 15 is 4.39 Å². The molecule has 2 aromatic rings. The van der Waals surface area contributed by atoms with Gasteiger partial charge in [-0.1, -0.05) is 35.7 Å². The standard InChI is InChI=1S/C26H23ClFNO6/c1-3-16(2)35-23-14-22(21(28)13-20(23)27)29(24(30)15-34-17-9-5-4-6-10-17)25(31)18-11-7-8-12-19(18)26(32)33/h1,4-6,9-10,13-14,16H,7-8,11-12,15H2,2H3,(H,32,33). The Kier molecular flexibility index (Phi) is 8.50. The van der Waals surface area contributed by atoms with Crippen molar-refractivity contribution in [3.05, 3.63) is 64.5 Å². The maximum atomic E-state index is 15.1. The van der Waals surface area contributed by atoms with E-state index in [9.17, 15) is 19.5 Å². The molecular weight excluding hydrogens is 477 g/mol. The molecule has 182 valence electrons. The average Bonchev–Trinajstić information content (AvgIpc) is 2.85. The molecule has 2 amide bonds. The van der Waals surface area contributed by atoms with Crippen LogP contribution in [0.4, 0.5) is 10.1 Å². The van der Waals surface area contributed by atoms with Crippen molar-refractivity contribution < 1.29 is 33.4 Å². The minimum atomic E-state index is -1.26. The quantitative estimate of drug-likeness (QED) is 0.526. The molecular formula is C26H23ClFNO6. The number of hydrogen-bond acceptors (Lipinski definition) is 5. The Labute approximate surface area is 207 Å². The highest BCUT2D eigenvalue weighted by Gasteiger charge is 2.34. The van der Waals surface area contributed by atoms with Gasteiger partial charge in [0.1, 0.15) is 17.3 Å². The monoisotopic (exact) mass is 499 g/mol. The fourth-order valence-electron chi connectivity index (χ4n) is 3.60. The zero-order chi connectivity index (χ0) is 25.5. The zero-order valence-electron chi connectivity index (χ0n) is 18.9. The van der Waals surface area contributed by atoms with Crippen LogP contribution in [-0.2, 0) is 14.4 Å². The summed E-state index contributed by atoms with van der Waals surface area (Å²) in [5.74, 6) is -1.43. The predicted octanol–water partition coefficient (Wildman–Crippen LogP) is 4.77. The molecule has 1 atom stereocenters. The maximum Gasteiger partial charge on any atom is 0.332 e. The molecule has 0 spiro atoms. The van der Waals surface area contributed by atoms with Gasteiger partial charge in [-0.3, -0.25) is 9.59 Å². The van der Waals surface area contributed by atoms with E-state index in [1.54, 1.807) is 37.3 Å². The number of carboxylic acids is 1. The van der Waals surface area contributed by atoms with Gasteiger partial charge in [-0.05, 0) is 50.8 Å². The lowest BCUT2D eigenvalue weighted by molar-refractivity contribution is -0.134. The van der Waals surface area contributed by atoms with Gasteiger partial charge in [-0.2, -0.15) is 0 Å². The van der Waals surface area contributed by atoms with E-state index in [2.05, 4.69) is 5.92 Å².